The topological polar surface area (TPSA) is 109 Å². The van der Waals surface area contributed by atoms with Crippen molar-refractivity contribution in [2.24, 2.45) is 0 Å². The van der Waals surface area contributed by atoms with Crippen molar-refractivity contribution in [2.45, 2.75) is 19.1 Å². The predicted molar refractivity (Wildman–Crippen MR) is 102 cm³/mol. The van der Waals surface area contributed by atoms with Crippen LogP contribution in [0.1, 0.15) is 34.2 Å². The number of carbonyl (C=O) groups excluding carboxylic acids is 2. The van der Waals surface area contributed by atoms with Crippen molar-refractivity contribution < 1.29 is 14.3 Å². The average molecular weight is 377 g/mol. The lowest BCUT2D eigenvalue weighted by atomic mass is 10.0. The largest absolute Gasteiger partial charge is 0.377 e. The number of benzene rings is 2. The Hall–Kier alpha value is -3.52. The van der Waals surface area contributed by atoms with Crippen LogP contribution in [0.2, 0.25) is 0 Å². The van der Waals surface area contributed by atoms with Gasteiger partial charge in [0.15, 0.2) is 11.6 Å². The predicted octanol–water partition coefficient (Wildman–Crippen LogP) is 2.43. The Morgan fingerprint density at radius 2 is 2.07 bits per heavy atom. The van der Waals surface area contributed by atoms with Gasteiger partial charge >= 0.3 is 0 Å². The number of H-pyrrole nitrogens is 1. The minimum absolute atomic E-state index is 0.146. The molecule has 2 heterocycles. The van der Waals surface area contributed by atoms with E-state index < -0.39 is 0 Å². The van der Waals surface area contributed by atoms with E-state index in [-0.39, 0.29) is 24.3 Å². The van der Waals surface area contributed by atoms with Gasteiger partial charge in [0.05, 0.1) is 12.5 Å². The summed E-state index contributed by atoms with van der Waals surface area (Å²) in [5.41, 5.74) is 2.88. The van der Waals surface area contributed by atoms with E-state index in [2.05, 4.69) is 25.8 Å². The molecular formula is C20H19N5O3. The summed E-state index contributed by atoms with van der Waals surface area (Å²) in [4.78, 5) is 28.9. The summed E-state index contributed by atoms with van der Waals surface area (Å²) >= 11 is 0. The molecule has 0 saturated carbocycles. The van der Waals surface area contributed by atoms with E-state index in [9.17, 15) is 9.59 Å². The Balaban J connectivity index is 1.44. The SMILES string of the molecule is COCc1nc(-c2cccc(NC(=O)CC3NC(=O)c4ccccc43)c2)n[nH]1. The second-order valence-corrected chi connectivity index (χ2v) is 6.49. The number of rotatable bonds is 6. The lowest BCUT2D eigenvalue weighted by Gasteiger charge is -2.12. The first-order valence-corrected chi connectivity index (χ1v) is 8.84. The maximum absolute atomic E-state index is 12.5. The molecule has 2 aromatic carbocycles. The maximum atomic E-state index is 12.5. The van der Waals surface area contributed by atoms with Gasteiger partial charge in [0.25, 0.3) is 5.91 Å². The zero-order chi connectivity index (χ0) is 19.5. The molecule has 0 saturated heterocycles. The zero-order valence-corrected chi connectivity index (χ0v) is 15.2. The Bertz CT molecular complexity index is 1030. The number of nitrogens with zero attached hydrogens (tertiary/aromatic N) is 2. The van der Waals surface area contributed by atoms with Crippen molar-refractivity contribution in [1.29, 1.82) is 0 Å². The quantitative estimate of drug-likeness (QED) is 0.611. The van der Waals surface area contributed by atoms with Crippen LogP contribution >= 0.6 is 0 Å². The third-order valence-electron chi connectivity index (χ3n) is 4.49. The Labute approximate surface area is 161 Å². The average Bonchev–Trinajstić information content (AvgIpc) is 3.28. The smallest absolute Gasteiger partial charge is 0.252 e. The van der Waals surface area contributed by atoms with Crippen LogP contribution in [0.3, 0.4) is 0 Å². The number of aromatic nitrogens is 3. The van der Waals surface area contributed by atoms with Crippen LogP contribution in [0.5, 0.6) is 0 Å². The fourth-order valence-corrected chi connectivity index (χ4v) is 3.24. The number of aromatic amines is 1. The monoisotopic (exact) mass is 377 g/mol. The van der Waals surface area contributed by atoms with E-state index in [1.807, 2.05) is 30.3 Å². The van der Waals surface area contributed by atoms with Gasteiger partial charge in [-0.25, -0.2) is 4.98 Å². The second-order valence-electron chi connectivity index (χ2n) is 6.49. The Morgan fingerprint density at radius 1 is 1.21 bits per heavy atom. The van der Waals surface area contributed by atoms with Crippen molar-refractivity contribution in [3.8, 4) is 11.4 Å². The molecule has 1 aliphatic rings. The molecule has 0 radical (unpaired) electrons. The molecule has 4 rings (SSSR count). The van der Waals surface area contributed by atoms with Crippen molar-refractivity contribution in [3.63, 3.8) is 0 Å². The molecule has 142 valence electrons. The van der Waals surface area contributed by atoms with Crippen molar-refractivity contribution >= 4 is 17.5 Å². The van der Waals surface area contributed by atoms with E-state index >= 15 is 0 Å². The van der Waals surface area contributed by atoms with E-state index in [0.717, 1.165) is 11.1 Å². The highest BCUT2D eigenvalue weighted by Crippen LogP contribution is 2.28. The number of amides is 2. The van der Waals surface area contributed by atoms with Crippen molar-refractivity contribution in [2.75, 3.05) is 12.4 Å². The molecule has 28 heavy (non-hydrogen) atoms. The molecule has 2 amide bonds. The highest BCUT2D eigenvalue weighted by molar-refractivity contribution is 6.00. The van der Waals surface area contributed by atoms with Crippen molar-refractivity contribution in [3.05, 3.63) is 65.5 Å². The molecule has 0 aliphatic carbocycles. The van der Waals surface area contributed by atoms with Crippen LogP contribution in [0.4, 0.5) is 5.69 Å². The number of ether oxygens (including phenoxy) is 1. The van der Waals surface area contributed by atoms with Gasteiger partial charge in [-0.3, -0.25) is 14.7 Å². The summed E-state index contributed by atoms with van der Waals surface area (Å²) in [6.45, 7) is 0.345. The van der Waals surface area contributed by atoms with Gasteiger partial charge in [0.1, 0.15) is 6.61 Å². The third-order valence-corrected chi connectivity index (χ3v) is 4.49. The van der Waals surface area contributed by atoms with Crippen LogP contribution in [-0.2, 0) is 16.1 Å². The maximum Gasteiger partial charge on any atom is 0.252 e. The first-order chi connectivity index (χ1) is 13.6. The van der Waals surface area contributed by atoms with Gasteiger partial charge in [-0.15, -0.1) is 0 Å². The Morgan fingerprint density at radius 3 is 2.93 bits per heavy atom. The summed E-state index contributed by atoms with van der Waals surface area (Å²) in [6.07, 6.45) is 0.158. The number of carbonyl (C=O) groups is 2. The number of hydrogen-bond donors (Lipinski definition) is 3. The molecule has 1 atom stereocenters. The molecular weight excluding hydrogens is 358 g/mol. The molecule has 8 heteroatoms. The molecule has 0 bridgehead atoms. The lowest BCUT2D eigenvalue weighted by Crippen LogP contribution is -2.24. The summed E-state index contributed by atoms with van der Waals surface area (Å²) in [5, 5.41) is 12.7. The zero-order valence-electron chi connectivity index (χ0n) is 15.2. The van der Waals surface area contributed by atoms with Crippen LogP contribution in [-0.4, -0.2) is 34.1 Å². The van der Waals surface area contributed by atoms with E-state index in [4.69, 9.17) is 4.74 Å². The minimum atomic E-state index is -0.323. The number of hydrogen-bond acceptors (Lipinski definition) is 5. The van der Waals surface area contributed by atoms with Gasteiger partial charge in [0.2, 0.25) is 5.91 Å². The highest BCUT2D eigenvalue weighted by Gasteiger charge is 2.29. The van der Waals surface area contributed by atoms with Crippen LogP contribution in [0, 0.1) is 0 Å². The van der Waals surface area contributed by atoms with Crippen LogP contribution < -0.4 is 10.6 Å². The second kappa shape index (κ2) is 7.61. The highest BCUT2D eigenvalue weighted by atomic mass is 16.5. The summed E-state index contributed by atoms with van der Waals surface area (Å²) in [6, 6.07) is 14.3. The first-order valence-electron chi connectivity index (χ1n) is 8.84. The Kier molecular flexibility index (Phi) is 4.86. The standard InChI is InChI=1S/C20H19N5O3/c1-28-11-17-23-19(25-24-17)12-5-4-6-13(9-12)21-18(26)10-16-14-7-2-3-8-15(14)20(27)22-16/h2-9,16H,10-11H2,1H3,(H,21,26)(H,22,27)(H,23,24,25). The molecule has 3 N–H and O–H groups in total. The summed E-state index contributed by atoms with van der Waals surface area (Å²) in [7, 11) is 1.59. The van der Waals surface area contributed by atoms with E-state index in [1.165, 1.54) is 0 Å². The number of methoxy groups -OCH3 is 1. The molecule has 3 aromatic rings. The number of fused-ring (bicyclic) bond motifs is 1. The third kappa shape index (κ3) is 3.63. The number of anilines is 1. The molecule has 1 unspecified atom stereocenters. The summed E-state index contributed by atoms with van der Waals surface area (Å²) in [5.74, 6) is 0.823. The van der Waals surface area contributed by atoms with Crippen LogP contribution in [0.25, 0.3) is 11.4 Å². The van der Waals surface area contributed by atoms with Gasteiger partial charge in [0, 0.05) is 23.9 Å². The molecule has 1 aromatic heterocycles. The lowest BCUT2D eigenvalue weighted by molar-refractivity contribution is -0.116. The van der Waals surface area contributed by atoms with Gasteiger partial charge in [-0.05, 0) is 23.8 Å². The van der Waals surface area contributed by atoms with E-state index in [0.29, 0.717) is 29.5 Å². The van der Waals surface area contributed by atoms with Gasteiger partial charge < -0.3 is 15.4 Å². The first kappa shape index (κ1) is 17.9. The molecule has 8 nitrogen and oxygen atoms in total. The minimum Gasteiger partial charge on any atom is -0.377 e. The number of nitrogens with one attached hydrogen (secondary N) is 3. The van der Waals surface area contributed by atoms with Gasteiger partial charge in [-0.2, -0.15) is 5.10 Å². The van der Waals surface area contributed by atoms with Crippen LogP contribution in [0.15, 0.2) is 48.5 Å². The van der Waals surface area contributed by atoms with E-state index in [1.54, 1.807) is 25.3 Å². The molecule has 0 fully saturated rings. The van der Waals surface area contributed by atoms with Crippen molar-refractivity contribution in [1.82, 2.24) is 20.5 Å². The summed E-state index contributed by atoms with van der Waals surface area (Å²) < 4.78 is 5.03. The fourth-order valence-electron chi connectivity index (χ4n) is 3.24. The van der Waals surface area contributed by atoms with Gasteiger partial charge in [-0.1, -0.05) is 30.3 Å². The molecule has 1 aliphatic heterocycles. The normalized spacial score (nSPS) is 15.2. The molecule has 0 spiro atoms. The fraction of sp³-hybridized carbons (Fsp3) is 0.200.